The van der Waals surface area contributed by atoms with Crippen LogP contribution >= 0.6 is 0 Å². The molecule has 1 N–H and O–H groups in total. The third-order valence-corrected chi connectivity index (χ3v) is 3.89. The van der Waals surface area contributed by atoms with Crippen LogP contribution in [0.3, 0.4) is 0 Å². The molecule has 2 nitrogen and oxygen atoms in total. The van der Waals surface area contributed by atoms with Gasteiger partial charge in [0, 0.05) is 13.7 Å². The lowest BCUT2D eigenvalue weighted by Crippen LogP contribution is -2.38. The maximum Gasteiger partial charge on any atom is 0.0493 e. The van der Waals surface area contributed by atoms with Gasteiger partial charge in [0.15, 0.2) is 0 Å². The predicted octanol–water partition coefficient (Wildman–Crippen LogP) is 3.07. The van der Waals surface area contributed by atoms with Crippen molar-refractivity contribution < 1.29 is 4.74 Å². The first-order chi connectivity index (χ1) is 7.59. The summed E-state index contributed by atoms with van der Waals surface area (Å²) in [5.74, 6) is 1.57. The van der Waals surface area contributed by atoms with Gasteiger partial charge in [-0.1, -0.05) is 20.8 Å². The molecule has 0 bridgehead atoms. The molecule has 2 heteroatoms. The summed E-state index contributed by atoms with van der Waals surface area (Å²) in [7, 11) is 1.83. The Morgan fingerprint density at radius 3 is 2.69 bits per heavy atom. The van der Waals surface area contributed by atoms with Gasteiger partial charge in [-0.15, -0.1) is 0 Å². The predicted molar refractivity (Wildman–Crippen MR) is 69.6 cm³/mol. The molecular formula is C14H29NO. The maximum atomic E-state index is 5.38. The highest BCUT2D eigenvalue weighted by molar-refractivity contribution is 4.85. The average Bonchev–Trinajstić information content (AvgIpc) is 2.21. The minimum atomic E-state index is 0.518. The molecule has 2 unspecified atom stereocenters. The summed E-state index contributed by atoms with van der Waals surface area (Å²) in [5, 5.41) is 3.56. The van der Waals surface area contributed by atoms with Gasteiger partial charge in [0.05, 0.1) is 0 Å². The van der Waals surface area contributed by atoms with E-state index in [1.165, 1.54) is 32.2 Å². The van der Waals surface area contributed by atoms with Crippen molar-refractivity contribution in [3.05, 3.63) is 0 Å². The molecule has 1 aliphatic carbocycles. The summed E-state index contributed by atoms with van der Waals surface area (Å²) in [5.41, 5.74) is 0.518. The summed E-state index contributed by atoms with van der Waals surface area (Å²) in [6.07, 6.45) is 5.27. The Labute approximate surface area is 101 Å². The van der Waals surface area contributed by atoms with Crippen LogP contribution in [0, 0.1) is 17.3 Å². The molecule has 16 heavy (non-hydrogen) atoms. The summed E-state index contributed by atoms with van der Waals surface area (Å²) in [6, 6.07) is 0. The lowest BCUT2D eigenvalue weighted by Gasteiger charge is -2.40. The maximum absolute atomic E-state index is 5.38. The zero-order valence-corrected chi connectivity index (χ0v) is 11.5. The monoisotopic (exact) mass is 227 g/mol. The molecule has 0 aromatic heterocycles. The zero-order chi connectivity index (χ0) is 12.0. The van der Waals surface area contributed by atoms with Crippen LogP contribution in [0.5, 0.6) is 0 Å². The van der Waals surface area contributed by atoms with Crippen molar-refractivity contribution in [2.24, 2.45) is 17.3 Å². The molecule has 0 heterocycles. The lowest BCUT2D eigenvalue weighted by molar-refractivity contribution is 0.0465. The van der Waals surface area contributed by atoms with E-state index in [1.807, 2.05) is 7.11 Å². The van der Waals surface area contributed by atoms with E-state index in [1.54, 1.807) is 0 Å². The van der Waals surface area contributed by atoms with Gasteiger partial charge in [-0.05, 0) is 56.0 Å². The van der Waals surface area contributed by atoms with E-state index >= 15 is 0 Å². The molecule has 1 rings (SSSR count). The largest absolute Gasteiger partial charge is 0.384 e. The minimum absolute atomic E-state index is 0.518. The SMILES string of the molecule is CCCNCC1CCC(C)(C)CC1COC. The molecule has 0 radical (unpaired) electrons. The van der Waals surface area contributed by atoms with Crippen LogP contribution < -0.4 is 5.32 Å². The van der Waals surface area contributed by atoms with Gasteiger partial charge in [0.25, 0.3) is 0 Å². The van der Waals surface area contributed by atoms with Crippen molar-refractivity contribution in [2.75, 3.05) is 26.8 Å². The van der Waals surface area contributed by atoms with Gasteiger partial charge in [-0.25, -0.2) is 0 Å². The fraction of sp³-hybridized carbons (Fsp3) is 1.00. The van der Waals surface area contributed by atoms with Crippen molar-refractivity contribution >= 4 is 0 Å². The summed E-state index contributed by atoms with van der Waals surface area (Å²) in [6.45, 7) is 10.3. The molecule has 0 spiro atoms. The Balaban J connectivity index is 2.41. The van der Waals surface area contributed by atoms with Crippen molar-refractivity contribution in [1.82, 2.24) is 5.32 Å². The smallest absolute Gasteiger partial charge is 0.0493 e. The molecule has 0 amide bonds. The first kappa shape index (κ1) is 14.0. The fourth-order valence-electron chi connectivity index (χ4n) is 2.93. The third-order valence-electron chi connectivity index (χ3n) is 3.89. The van der Waals surface area contributed by atoms with Crippen LogP contribution in [-0.2, 0) is 4.74 Å². The highest BCUT2D eigenvalue weighted by atomic mass is 16.5. The molecule has 0 aromatic rings. The van der Waals surface area contributed by atoms with Crippen LogP contribution in [0.15, 0.2) is 0 Å². The van der Waals surface area contributed by atoms with E-state index in [2.05, 4.69) is 26.1 Å². The van der Waals surface area contributed by atoms with Gasteiger partial charge in [-0.2, -0.15) is 0 Å². The van der Waals surface area contributed by atoms with Crippen molar-refractivity contribution in [3.8, 4) is 0 Å². The number of methoxy groups -OCH3 is 1. The molecule has 1 aliphatic rings. The Kier molecular flexibility index (Phi) is 5.77. The van der Waals surface area contributed by atoms with Crippen LogP contribution in [-0.4, -0.2) is 26.8 Å². The molecule has 1 fully saturated rings. The van der Waals surface area contributed by atoms with E-state index in [0.717, 1.165) is 25.0 Å². The number of ether oxygens (including phenoxy) is 1. The minimum Gasteiger partial charge on any atom is -0.384 e. The average molecular weight is 227 g/mol. The van der Waals surface area contributed by atoms with Crippen LogP contribution in [0.4, 0.5) is 0 Å². The van der Waals surface area contributed by atoms with Gasteiger partial charge in [0.1, 0.15) is 0 Å². The molecule has 2 atom stereocenters. The first-order valence-corrected chi connectivity index (χ1v) is 6.78. The Morgan fingerprint density at radius 1 is 1.31 bits per heavy atom. The van der Waals surface area contributed by atoms with Gasteiger partial charge < -0.3 is 10.1 Å². The number of hydrogen-bond donors (Lipinski definition) is 1. The lowest BCUT2D eigenvalue weighted by atomic mass is 9.67. The molecule has 0 saturated heterocycles. The van der Waals surface area contributed by atoms with Crippen molar-refractivity contribution in [1.29, 1.82) is 0 Å². The number of hydrogen-bond acceptors (Lipinski definition) is 2. The quantitative estimate of drug-likeness (QED) is 0.704. The van der Waals surface area contributed by atoms with E-state index in [4.69, 9.17) is 4.74 Å². The van der Waals surface area contributed by atoms with Gasteiger partial charge >= 0.3 is 0 Å². The topological polar surface area (TPSA) is 21.3 Å². The Morgan fingerprint density at radius 2 is 2.06 bits per heavy atom. The molecule has 0 aliphatic heterocycles. The van der Waals surface area contributed by atoms with E-state index in [9.17, 15) is 0 Å². The summed E-state index contributed by atoms with van der Waals surface area (Å²) < 4.78 is 5.38. The van der Waals surface area contributed by atoms with E-state index in [-0.39, 0.29) is 0 Å². The number of rotatable bonds is 6. The zero-order valence-electron chi connectivity index (χ0n) is 11.5. The third kappa shape index (κ3) is 4.42. The van der Waals surface area contributed by atoms with Crippen LogP contribution in [0.25, 0.3) is 0 Å². The second-order valence-electron chi connectivity index (χ2n) is 6.09. The van der Waals surface area contributed by atoms with E-state index in [0.29, 0.717) is 5.41 Å². The summed E-state index contributed by atoms with van der Waals surface area (Å²) in [4.78, 5) is 0. The first-order valence-electron chi connectivity index (χ1n) is 6.78. The van der Waals surface area contributed by atoms with Gasteiger partial charge in [0.2, 0.25) is 0 Å². The van der Waals surface area contributed by atoms with Crippen molar-refractivity contribution in [2.45, 2.75) is 46.5 Å². The standard InChI is InChI=1S/C14H29NO/c1-5-8-15-10-12-6-7-14(2,3)9-13(12)11-16-4/h12-13,15H,5-11H2,1-4H3. The Hall–Kier alpha value is -0.0800. The highest BCUT2D eigenvalue weighted by Crippen LogP contribution is 2.41. The Bertz CT molecular complexity index is 191. The molecule has 1 saturated carbocycles. The number of nitrogens with one attached hydrogen (secondary N) is 1. The highest BCUT2D eigenvalue weighted by Gasteiger charge is 2.34. The van der Waals surface area contributed by atoms with Crippen LogP contribution in [0.2, 0.25) is 0 Å². The molecular weight excluding hydrogens is 198 g/mol. The summed E-state index contributed by atoms with van der Waals surface area (Å²) >= 11 is 0. The van der Waals surface area contributed by atoms with Crippen LogP contribution in [0.1, 0.15) is 46.5 Å². The van der Waals surface area contributed by atoms with E-state index < -0.39 is 0 Å². The van der Waals surface area contributed by atoms with Crippen molar-refractivity contribution in [3.63, 3.8) is 0 Å². The normalized spacial score (nSPS) is 29.2. The van der Waals surface area contributed by atoms with Gasteiger partial charge in [-0.3, -0.25) is 0 Å². The second kappa shape index (κ2) is 6.61. The molecule has 96 valence electrons. The molecule has 0 aromatic carbocycles. The second-order valence-corrected chi connectivity index (χ2v) is 6.09. The fourth-order valence-corrected chi connectivity index (χ4v) is 2.93.